The van der Waals surface area contributed by atoms with E-state index in [1.165, 1.54) is 0 Å². The van der Waals surface area contributed by atoms with Gasteiger partial charge in [-0.3, -0.25) is 0 Å². The first-order valence-corrected chi connectivity index (χ1v) is 7.79. The summed E-state index contributed by atoms with van der Waals surface area (Å²) in [6, 6.07) is 0. The molecule has 0 fully saturated rings. The fourth-order valence-corrected chi connectivity index (χ4v) is 1.47. The van der Waals surface area contributed by atoms with Gasteiger partial charge >= 0.3 is 0 Å². The summed E-state index contributed by atoms with van der Waals surface area (Å²) in [5.74, 6) is 0. The van der Waals surface area contributed by atoms with Crippen LogP contribution in [0.15, 0.2) is 12.7 Å². The Labute approximate surface area is 135 Å². The predicted molar refractivity (Wildman–Crippen MR) is 87.5 cm³/mol. The smallest absolute Gasteiger partial charge is 0.183 e. The van der Waals surface area contributed by atoms with Crippen LogP contribution in [0.4, 0.5) is 0 Å². The van der Waals surface area contributed by atoms with E-state index in [0.29, 0.717) is 19.5 Å². The molecule has 0 heterocycles. The Kier molecular flexibility index (Phi) is 8.71. The monoisotopic (exact) mass is 319 g/mol. The van der Waals surface area contributed by atoms with Crippen molar-refractivity contribution in [3.05, 3.63) is 12.7 Å². The van der Waals surface area contributed by atoms with E-state index in [4.69, 9.17) is 20.4 Å². The maximum atomic E-state index is 6.13. The van der Waals surface area contributed by atoms with Gasteiger partial charge < -0.3 is 5.73 Å². The topological polar surface area (TPSA) is 69.0 Å². The van der Waals surface area contributed by atoms with Crippen molar-refractivity contribution in [1.82, 2.24) is 10.5 Å². The van der Waals surface area contributed by atoms with Crippen molar-refractivity contribution in [3.63, 3.8) is 0 Å². The third-order valence-electron chi connectivity index (χ3n) is 3.66. The third kappa shape index (κ3) is 6.70. The van der Waals surface area contributed by atoms with Gasteiger partial charge in [-0.25, -0.2) is 0 Å². The lowest BCUT2D eigenvalue weighted by molar-refractivity contribution is -1.39. The number of nitrogens with one attached hydrogen (secondary N) is 1. The zero-order valence-electron chi connectivity index (χ0n) is 15.3. The Bertz CT molecular complexity index is 337. The fourth-order valence-electron chi connectivity index (χ4n) is 1.47. The second-order valence-corrected chi connectivity index (χ2v) is 6.41. The Morgan fingerprint density at radius 1 is 1.32 bits per heavy atom. The second-order valence-electron chi connectivity index (χ2n) is 6.41. The number of quaternary nitrogens is 1. The molecular weight excluding hydrogens is 284 g/mol. The number of nitrogens with two attached hydrogens (primary N) is 1. The van der Waals surface area contributed by atoms with E-state index in [1.807, 2.05) is 41.7 Å². The molecule has 7 nitrogen and oxygen atoms in total. The van der Waals surface area contributed by atoms with Crippen molar-refractivity contribution in [2.24, 2.45) is 5.73 Å². The van der Waals surface area contributed by atoms with Crippen LogP contribution >= 0.6 is 0 Å². The molecule has 0 bridgehead atoms. The van der Waals surface area contributed by atoms with E-state index < -0.39 is 10.6 Å². The summed E-state index contributed by atoms with van der Waals surface area (Å²) < 4.78 is 0. The van der Waals surface area contributed by atoms with Gasteiger partial charge in [0.1, 0.15) is 10.6 Å². The summed E-state index contributed by atoms with van der Waals surface area (Å²) in [5.41, 5.74) is 7.50. The number of rotatable bonds is 12. The van der Waals surface area contributed by atoms with Gasteiger partial charge in [0.05, 0.1) is 5.54 Å². The van der Waals surface area contributed by atoms with Crippen molar-refractivity contribution in [2.45, 2.75) is 58.6 Å². The Balaban J connectivity index is 5.38. The van der Waals surface area contributed by atoms with Crippen LogP contribution in [-0.4, -0.2) is 48.4 Å². The molecule has 0 aromatic rings. The van der Waals surface area contributed by atoms with Gasteiger partial charge in [0.15, 0.2) is 6.54 Å². The zero-order valence-corrected chi connectivity index (χ0v) is 15.3. The minimum atomic E-state index is -0.470. The summed E-state index contributed by atoms with van der Waals surface area (Å²) in [4.78, 5) is 17.3. The Morgan fingerprint density at radius 3 is 2.32 bits per heavy atom. The van der Waals surface area contributed by atoms with E-state index in [-0.39, 0.29) is 5.54 Å². The molecule has 0 aliphatic heterocycles. The number of hydrogen-bond acceptors (Lipinski definition) is 6. The number of hydrogen-bond donors (Lipinski definition) is 2. The summed E-state index contributed by atoms with van der Waals surface area (Å²) >= 11 is 0. The SMILES string of the molecule is C=CC(C)(C)N(C)O[N+](CCCN)(ONC)OC(C)(C)CC. The molecule has 0 saturated heterocycles. The van der Waals surface area contributed by atoms with Crippen LogP contribution in [0.25, 0.3) is 0 Å². The van der Waals surface area contributed by atoms with E-state index in [1.54, 1.807) is 18.2 Å². The van der Waals surface area contributed by atoms with Crippen LogP contribution in [0.5, 0.6) is 0 Å². The molecule has 0 rings (SSSR count). The predicted octanol–water partition coefficient (Wildman–Crippen LogP) is 2.08. The van der Waals surface area contributed by atoms with Gasteiger partial charge in [-0.2, -0.15) is 0 Å². The molecule has 0 aromatic heterocycles. The highest BCUT2D eigenvalue weighted by Crippen LogP contribution is 2.26. The average molecular weight is 319 g/mol. The molecule has 0 amide bonds. The average Bonchev–Trinajstić information content (AvgIpc) is 2.44. The van der Waals surface area contributed by atoms with Crippen LogP contribution in [0.2, 0.25) is 0 Å². The summed E-state index contributed by atoms with van der Waals surface area (Å²) in [5, 5.41) is 1.67. The van der Waals surface area contributed by atoms with Crippen molar-refractivity contribution in [1.29, 1.82) is 0 Å². The van der Waals surface area contributed by atoms with E-state index in [2.05, 4.69) is 12.1 Å². The van der Waals surface area contributed by atoms with Gasteiger partial charge in [0.25, 0.3) is 0 Å². The molecule has 0 radical (unpaired) electrons. The van der Waals surface area contributed by atoms with Gasteiger partial charge in [0.2, 0.25) is 0 Å². The lowest BCUT2D eigenvalue weighted by Crippen LogP contribution is -2.60. The molecule has 0 aliphatic carbocycles. The van der Waals surface area contributed by atoms with E-state index in [0.717, 1.165) is 6.42 Å². The molecule has 7 heteroatoms. The van der Waals surface area contributed by atoms with E-state index >= 15 is 0 Å². The molecular formula is C15H35N4O3+. The van der Waals surface area contributed by atoms with Crippen molar-refractivity contribution < 1.29 is 19.7 Å². The Morgan fingerprint density at radius 2 is 1.91 bits per heavy atom. The minimum Gasteiger partial charge on any atom is -0.330 e. The number of hydroxylamine groups is 6. The molecule has 22 heavy (non-hydrogen) atoms. The zero-order chi connectivity index (χ0) is 17.4. The van der Waals surface area contributed by atoms with Crippen molar-refractivity contribution >= 4 is 0 Å². The highest BCUT2D eigenvalue weighted by molar-refractivity contribution is 4.93. The number of likely N-dealkylation sites (N-methyl/N-ethyl adjacent to an activating group) is 1. The molecule has 1 unspecified atom stereocenters. The van der Waals surface area contributed by atoms with Crippen LogP contribution in [0, 0.1) is 0 Å². The highest BCUT2D eigenvalue weighted by atomic mass is 17.3. The number of nitrogens with zero attached hydrogens (tertiary/aromatic N) is 2. The van der Waals surface area contributed by atoms with Crippen molar-refractivity contribution in [3.8, 4) is 0 Å². The summed E-state index contributed by atoms with van der Waals surface area (Å²) in [6.45, 7) is 14.8. The third-order valence-corrected chi connectivity index (χ3v) is 3.66. The molecule has 0 spiro atoms. The lowest BCUT2D eigenvalue weighted by Gasteiger charge is -2.39. The first-order valence-electron chi connectivity index (χ1n) is 7.79. The quantitative estimate of drug-likeness (QED) is 0.326. The van der Waals surface area contributed by atoms with Gasteiger partial charge in [-0.1, -0.05) is 13.0 Å². The molecule has 3 N–H and O–H groups in total. The molecule has 1 atom stereocenters. The van der Waals surface area contributed by atoms with E-state index in [9.17, 15) is 0 Å². The lowest BCUT2D eigenvalue weighted by atomic mass is 10.1. The molecule has 0 aromatic carbocycles. The first kappa shape index (κ1) is 21.5. The largest absolute Gasteiger partial charge is 0.330 e. The van der Waals surface area contributed by atoms with Gasteiger partial charge in [-0.05, 0) is 50.5 Å². The maximum absolute atomic E-state index is 6.13. The van der Waals surface area contributed by atoms with Gasteiger partial charge in [0, 0.05) is 20.5 Å². The fraction of sp³-hybridized carbons (Fsp3) is 0.867. The summed E-state index contributed by atoms with van der Waals surface area (Å²) in [6.07, 6.45) is 3.29. The van der Waals surface area contributed by atoms with Crippen LogP contribution in [-0.2, 0) is 14.7 Å². The van der Waals surface area contributed by atoms with Crippen molar-refractivity contribution in [2.75, 3.05) is 27.2 Å². The van der Waals surface area contributed by atoms with Crippen LogP contribution < -0.4 is 11.2 Å². The minimum absolute atomic E-state index is 0.386. The standard InChI is InChI=1S/C15H35N4O3/c1-9-14(3,4)18(8)22-19(21-17-7,13-11-12-16)20-15(5,6)10-2/h9,17H,1,10-13,16H2,2-8H3/q+1. The van der Waals surface area contributed by atoms with Crippen LogP contribution in [0.1, 0.15) is 47.5 Å². The van der Waals surface area contributed by atoms with Gasteiger partial charge in [-0.15, -0.1) is 22.0 Å². The Hall–Kier alpha value is -0.540. The maximum Gasteiger partial charge on any atom is 0.183 e. The molecule has 0 saturated carbocycles. The second kappa shape index (κ2) is 8.93. The summed E-state index contributed by atoms with van der Waals surface area (Å²) in [7, 11) is 3.48. The molecule has 0 aliphatic rings. The normalized spacial score (nSPS) is 15.9. The van der Waals surface area contributed by atoms with Crippen LogP contribution in [0.3, 0.4) is 0 Å². The first-order chi connectivity index (χ1) is 10.1. The highest BCUT2D eigenvalue weighted by Gasteiger charge is 2.45. The molecule has 132 valence electrons.